The van der Waals surface area contributed by atoms with E-state index in [-0.39, 0.29) is 11.9 Å². The molecule has 0 saturated carbocycles. The van der Waals surface area contributed by atoms with Crippen LogP contribution in [0.25, 0.3) is 0 Å². The minimum absolute atomic E-state index is 0.0537. The predicted molar refractivity (Wildman–Crippen MR) is 83.7 cm³/mol. The fraction of sp³-hybridized carbons (Fsp3) is 0.438. The zero-order valence-corrected chi connectivity index (χ0v) is 13.3. The first-order chi connectivity index (χ1) is 10.6. The van der Waals surface area contributed by atoms with Crippen molar-refractivity contribution in [2.75, 3.05) is 20.1 Å². The maximum Gasteiger partial charge on any atom is 0.256 e. The van der Waals surface area contributed by atoms with Gasteiger partial charge in [-0.25, -0.2) is 4.39 Å². The lowest BCUT2D eigenvalue weighted by Crippen LogP contribution is -2.40. The van der Waals surface area contributed by atoms with Gasteiger partial charge in [0, 0.05) is 37.6 Å². The van der Waals surface area contributed by atoms with Gasteiger partial charge in [0.25, 0.3) is 5.91 Å². The maximum atomic E-state index is 13.8. The first-order valence-electron chi connectivity index (χ1n) is 7.31. The average Bonchev–Trinajstić information content (AvgIpc) is 3.22. The number of furan rings is 1. The normalized spacial score (nSPS) is 22.1. The topological polar surface area (TPSA) is 36.7 Å². The van der Waals surface area contributed by atoms with Crippen molar-refractivity contribution in [1.29, 1.82) is 0 Å². The van der Waals surface area contributed by atoms with E-state index in [1.165, 1.54) is 17.4 Å². The number of hydrogen-bond donors (Lipinski definition) is 0. The summed E-state index contributed by atoms with van der Waals surface area (Å²) in [6.07, 6.45) is 2.59. The van der Waals surface area contributed by atoms with E-state index in [0.717, 1.165) is 6.54 Å². The molecule has 3 heterocycles. The molecule has 2 aromatic heterocycles. The molecule has 0 unspecified atom stereocenters. The minimum Gasteiger partial charge on any atom is -0.472 e. The van der Waals surface area contributed by atoms with Crippen LogP contribution in [-0.4, -0.2) is 48.1 Å². The Morgan fingerprint density at radius 3 is 3.09 bits per heavy atom. The molecule has 2 aromatic rings. The highest BCUT2D eigenvalue weighted by Gasteiger charge is 2.33. The van der Waals surface area contributed by atoms with Gasteiger partial charge in [0.15, 0.2) is 0 Å². The second kappa shape index (κ2) is 6.62. The molecule has 0 radical (unpaired) electrons. The summed E-state index contributed by atoms with van der Waals surface area (Å²) in [7, 11) is 1.75. The molecule has 1 fully saturated rings. The summed E-state index contributed by atoms with van der Waals surface area (Å²) in [5, 5.41) is 2.03. The van der Waals surface area contributed by atoms with Crippen LogP contribution in [0.4, 0.5) is 4.39 Å². The molecule has 1 saturated heterocycles. The molecule has 6 heteroatoms. The van der Waals surface area contributed by atoms with Crippen molar-refractivity contribution in [3.8, 4) is 0 Å². The summed E-state index contributed by atoms with van der Waals surface area (Å²) in [5.74, 6) is -0.0906. The quantitative estimate of drug-likeness (QED) is 0.849. The first-order valence-corrected chi connectivity index (χ1v) is 8.19. The predicted octanol–water partition coefficient (Wildman–Crippen LogP) is 3.03. The third kappa shape index (κ3) is 3.39. The Labute approximate surface area is 133 Å². The van der Waals surface area contributed by atoms with Gasteiger partial charge in [0.2, 0.25) is 0 Å². The van der Waals surface area contributed by atoms with Crippen LogP contribution in [0, 0.1) is 0 Å². The van der Waals surface area contributed by atoms with E-state index in [1.807, 2.05) is 11.4 Å². The van der Waals surface area contributed by atoms with Gasteiger partial charge in [-0.1, -0.05) is 6.07 Å². The molecule has 0 spiro atoms. The number of thiophene rings is 1. The molecular weight excluding hydrogens is 303 g/mol. The highest BCUT2D eigenvalue weighted by molar-refractivity contribution is 7.09. The number of likely N-dealkylation sites (N-methyl/N-ethyl adjacent to an activating group) is 1. The Bertz CT molecular complexity index is 600. The highest BCUT2D eigenvalue weighted by atomic mass is 32.1. The number of nitrogens with zero attached hydrogens (tertiary/aromatic N) is 2. The minimum atomic E-state index is -0.817. The standard InChI is InChI=1S/C16H19FN2O2S/c1-18(16(20)12-4-5-21-11-12)9-14-7-13(17)8-19(14)10-15-3-2-6-22-15/h2-6,11,13-14H,7-10H2,1H3/t13-,14-/m0/s1. The second-order valence-electron chi connectivity index (χ2n) is 5.69. The SMILES string of the molecule is CN(C[C@@H]1C[C@H](F)CN1Cc1cccs1)C(=O)c1ccoc1. The number of amides is 1. The molecule has 4 nitrogen and oxygen atoms in total. The molecule has 0 aliphatic carbocycles. The van der Waals surface area contributed by atoms with E-state index in [2.05, 4.69) is 11.0 Å². The van der Waals surface area contributed by atoms with Gasteiger partial charge in [-0.2, -0.15) is 0 Å². The first kappa shape index (κ1) is 15.2. The number of halogens is 1. The van der Waals surface area contributed by atoms with Crippen LogP contribution in [0.15, 0.2) is 40.5 Å². The number of likely N-dealkylation sites (tertiary alicyclic amines) is 1. The lowest BCUT2D eigenvalue weighted by molar-refractivity contribution is 0.0749. The highest BCUT2D eigenvalue weighted by Crippen LogP contribution is 2.25. The number of hydrogen-bond acceptors (Lipinski definition) is 4. The Balaban J connectivity index is 1.63. The third-order valence-corrected chi connectivity index (χ3v) is 4.88. The van der Waals surface area contributed by atoms with E-state index < -0.39 is 6.17 Å². The van der Waals surface area contributed by atoms with Crippen LogP contribution < -0.4 is 0 Å². The molecule has 1 aliphatic heterocycles. The van der Waals surface area contributed by atoms with Crippen LogP contribution in [0.3, 0.4) is 0 Å². The Morgan fingerprint density at radius 2 is 2.41 bits per heavy atom. The maximum absolute atomic E-state index is 13.8. The van der Waals surface area contributed by atoms with E-state index in [1.54, 1.807) is 29.4 Å². The molecular formula is C16H19FN2O2S. The summed E-state index contributed by atoms with van der Waals surface area (Å²) < 4.78 is 18.8. The summed E-state index contributed by atoms with van der Waals surface area (Å²) in [6, 6.07) is 5.77. The van der Waals surface area contributed by atoms with Crippen LogP contribution >= 0.6 is 11.3 Å². The van der Waals surface area contributed by atoms with Crippen molar-refractivity contribution in [2.24, 2.45) is 0 Å². The number of carbonyl (C=O) groups excluding carboxylic acids is 1. The van der Waals surface area contributed by atoms with Crippen LogP contribution in [0.5, 0.6) is 0 Å². The summed E-state index contributed by atoms with van der Waals surface area (Å²) >= 11 is 1.68. The van der Waals surface area contributed by atoms with Gasteiger partial charge < -0.3 is 9.32 Å². The second-order valence-corrected chi connectivity index (χ2v) is 6.73. The zero-order chi connectivity index (χ0) is 15.5. The lowest BCUT2D eigenvalue weighted by Gasteiger charge is -2.27. The van der Waals surface area contributed by atoms with E-state index in [0.29, 0.717) is 25.1 Å². The molecule has 22 heavy (non-hydrogen) atoms. The van der Waals surface area contributed by atoms with Crippen molar-refractivity contribution >= 4 is 17.2 Å². The Hall–Kier alpha value is -1.66. The van der Waals surface area contributed by atoms with Gasteiger partial charge in [0.05, 0.1) is 11.8 Å². The number of rotatable bonds is 5. The number of alkyl halides is 1. The van der Waals surface area contributed by atoms with Crippen molar-refractivity contribution in [1.82, 2.24) is 9.80 Å². The Kier molecular flexibility index (Phi) is 4.59. The van der Waals surface area contributed by atoms with Crippen molar-refractivity contribution in [3.63, 3.8) is 0 Å². The smallest absolute Gasteiger partial charge is 0.256 e. The zero-order valence-electron chi connectivity index (χ0n) is 12.4. The van der Waals surface area contributed by atoms with Crippen molar-refractivity contribution in [2.45, 2.75) is 25.2 Å². The van der Waals surface area contributed by atoms with E-state index >= 15 is 0 Å². The molecule has 118 valence electrons. The van der Waals surface area contributed by atoms with Gasteiger partial charge >= 0.3 is 0 Å². The monoisotopic (exact) mass is 322 g/mol. The molecule has 0 aromatic carbocycles. The third-order valence-electron chi connectivity index (χ3n) is 4.02. The summed E-state index contributed by atoms with van der Waals surface area (Å²) in [4.78, 5) is 17.3. The molecule has 2 atom stereocenters. The van der Waals surface area contributed by atoms with Crippen LogP contribution in [0.2, 0.25) is 0 Å². The molecule has 1 amide bonds. The molecule has 0 N–H and O–H groups in total. The fourth-order valence-electron chi connectivity index (χ4n) is 2.91. The van der Waals surface area contributed by atoms with Gasteiger partial charge in [0.1, 0.15) is 12.4 Å². The largest absolute Gasteiger partial charge is 0.472 e. The summed E-state index contributed by atoms with van der Waals surface area (Å²) in [6.45, 7) is 1.71. The van der Waals surface area contributed by atoms with E-state index in [4.69, 9.17) is 4.42 Å². The van der Waals surface area contributed by atoms with Gasteiger partial charge in [-0.15, -0.1) is 11.3 Å². The van der Waals surface area contributed by atoms with Crippen molar-refractivity contribution in [3.05, 3.63) is 46.5 Å². The van der Waals surface area contributed by atoms with Crippen molar-refractivity contribution < 1.29 is 13.6 Å². The molecule has 1 aliphatic rings. The molecule has 0 bridgehead atoms. The summed E-state index contributed by atoms with van der Waals surface area (Å²) in [5.41, 5.74) is 0.530. The average molecular weight is 322 g/mol. The Morgan fingerprint density at radius 1 is 1.55 bits per heavy atom. The lowest BCUT2D eigenvalue weighted by atomic mass is 10.2. The van der Waals surface area contributed by atoms with Gasteiger partial charge in [-0.3, -0.25) is 9.69 Å². The molecule has 3 rings (SSSR count). The van der Waals surface area contributed by atoms with Crippen LogP contribution in [0.1, 0.15) is 21.7 Å². The van der Waals surface area contributed by atoms with Gasteiger partial charge in [-0.05, 0) is 23.9 Å². The number of carbonyl (C=O) groups is 1. The van der Waals surface area contributed by atoms with Crippen LogP contribution in [-0.2, 0) is 6.54 Å². The van der Waals surface area contributed by atoms with E-state index in [9.17, 15) is 9.18 Å². The fourth-order valence-corrected chi connectivity index (χ4v) is 3.64.